The maximum atomic E-state index is 14.3. The predicted octanol–water partition coefficient (Wildman–Crippen LogP) is 3.63. The highest BCUT2D eigenvalue weighted by Gasteiger charge is 2.48. The summed E-state index contributed by atoms with van der Waals surface area (Å²) in [7, 11) is 1.92. The number of hydrogen-bond acceptors (Lipinski definition) is 4. The van der Waals surface area contributed by atoms with Gasteiger partial charge in [-0.05, 0) is 24.8 Å². The summed E-state index contributed by atoms with van der Waals surface area (Å²) in [5.74, 6) is -2.59. The first-order valence-corrected chi connectivity index (χ1v) is 9.50. The molecule has 0 N–H and O–H groups in total. The second-order valence-electron chi connectivity index (χ2n) is 7.14. The monoisotopic (exact) mass is 410 g/mol. The first-order valence-electron chi connectivity index (χ1n) is 8.92. The number of hydrogen-bond donors (Lipinski definition) is 0. The molecular formula is C18H23F4O4P. The number of halogens is 4. The van der Waals surface area contributed by atoms with Gasteiger partial charge in [0.25, 0.3) is 6.29 Å². The van der Waals surface area contributed by atoms with Crippen LogP contribution in [0.25, 0.3) is 0 Å². The van der Waals surface area contributed by atoms with Crippen molar-refractivity contribution >= 4 is 14.5 Å². The Morgan fingerprint density at radius 3 is 2.44 bits per heavy atom. The summed E-state index contributed by atoms with van der Waals surface area (Å²) in [6.45, 7) is 2.85. The third kappa shape index (κ3) is 5.11. The van der Waals surface area contributed by atoms with Crippen LogP contribution in [-0.4, -0.2) is 38.3 Å². The molecular weight excluding hydrogens is 387 g/mol. The molecule has 0 amide bonds. The zero-order valence-electron chi connectivity index (χ0n) is 14.9. The van der Waals surface area contributed by atoms with E-state index in [1.165, 1.54) is 0 Å². The van der Waals surface area contributed by atoms with E-state index in [9.17, 15) is 17.6 Å². The molecule has 0 spiro atoms. The predicted molar refractivity (Wildman–Crippen MR) is 93.2 cm³/mol. The highest BCUT2D eigenvalue weighted by Crippen LogP contribution is 2.33. The minimum absolute atomic E-state index is 0.0509. The first kappa shape index (κ1) is 20.8. The van der Waals surface area contributed by atoms with Gasteiger partial charge in [-0.1, -0.05) is 13.3 Å². The fraction of sp³-hybridized carbons (Fsp3) is 0.667. The third-order valence-electron chi connectivity index (χ3n) is 4.79. The van der Waals surface area contributed by atoms with Gasteiger partial charge in [0.2, 0.25) is 0 Å². The van der Waals surface area contributed by atoms with Crippen molar-refractivity contribution in [3.63, 3.8) is 0 Å². The zero-order chi connectivity index (χ0) is 19.6. The van der Waals surface area contributed by atoms with Crippen LogP contribution < -0.4 is 10.0 Å². The lowest BCUT2D eigenvalue weighted by atomic mass is 9.98. The Hall–Kier alpha value is -0.950. The van der Waals surface area contributed by atoms with E-state index >= 15 is 0 Å². The molecule has 9 heteroatoms. The van der Waals surface area contributed by atoms with Crippen molar-refractivity contribution in [1.29, 1.82) is 0 Å². The molecule has 0 aliphatic carbocycles. The van der Waals surface area contributed by atoms with Crippen LogP contribution in [0.5, 0.6) is 5.75 Å². The molecule has 2 saturated heterocycles. The van der Waals surface area contributed by atoms with Crippen molar-refractivity contribution in [3.8, 4) is 5.75 Å². The lowest BCUT2D eigenvalue weighted by Gasteiger charge is -2.36. The van der Waals surface area contributed by atoms with E-state index in [0.29, 0.717) is 18.6 Å². The number of ether oxygens (including phenoxy) is 4. The molecule has 3 rings (SSSR count). The Balaban J connectivity index is 1.58. The second kappa shape index (κ2) is 8.60. The number of alkyl halides is 2. The summed E-state index contributed by atoms with van der Waals surface area (Å²) < 4.78 is 76.0. The van der Waals surface area contributed by atoms with Gasteiger partial charge in [-0.3, -0.25) is 0 Å². The van der Waals surface area contributed by atoms with E-state index < -0.39 is 29.8 Å². The Morgan fingerprint density at radius 1 is 1.07 bits per heavy atom. The van der Waals surface area contributed by atoms with Crippen molar-refractivity contribution in [2.24, 2.45) is 11.8 Å². The van der Waals surface area contributed by atoms with E-state index in [1.807, 2.05) is 9.24 Å². The van der Waals surface area contributed by atoms with Crippen LogP contribution in [0.2, 0.25) is 0 Å². The van der Waals surface area contributed by atoms with Crippen LogP contribution in [-0.2, 0) is 14.2 Å². The lowest BCUT2D eigenvalue weighted by Crippen LogP contribution is -2.49. The van der Waals surface area contributed by atoms with E-state index in [1.54, 1.807) is 0 Å². The lowest BCUT2D eigenvalue weighted by molar-refractivity contribution is -0.355. The SMILES string of the molecule is CC1CCCC(C2COC(C(F)(F)Oc3cc(F)c(F)c(P)c3)OC2)OC1. The van der Waals surface area contributed by atoms with Gasteiger partial charge in [0, 0.05) is 23.9 Å². The molecule has 4 nitrogen and oxygen atoms in total. The molecule has 0 bridgehead atoms. The number of rotatable bonds is 4. The standard InChI is InChI=1S/C18H23F4O4P/c1-10-3-2-4-14(23-7-10)11-8-24-17(25-9-11)18(21,22)26-12-5-13(19)16(20)15(27)6-12/h5-6,10-11,14,17H,2-4,7-9,27H2,1H3. The molecule has 0 aromatic heterocycles. The topological polar surface area (TPSA) is 36.9 Å². The average molecular weight is 410 g/mol. The molecule has 2 aliphatic rings. The maximum Gasteiger partial charge on any atom is 0.451 e. The number of benzene rings is 1. The van der Waals surface area contributed by atoms with Gasteiger partial charge in [0.15, 0.2) is 11.6 Å². The average Bonchev–Trinajstić information content (AvgIpc) is 2.84. The summed E-state index contributed by atoms with van der Waals surface area (Å²) >= 11 is 0. The molecule has 2 heterocycles. The van der Waals surface area contributed by atoms with Crippen molar-refractivity contribution in [1.82, 2.24) is 0 Å². The zero-order valence-corrected chi connectivity index (χ0v) is 16.1. The van der Waals surface area contributed by atoms with Crippen molar-refractivity contribution in [2.45, 2.75) is 44.7 Å². The van der Waals surface area contributed by atoms with Gasteiger partial charge in [-0.15, -0.1) is 9.24 Å². The summed E-state index contributed by atoms with van der Waals surface area (Å²) in [6, 6.07) is 1.52. The van der Waals surface area contributed by atoms with Crippen LogP contribution in [0.4, 0.5) is 17.6 Å². The van der Waals surface area contributed by atoms with Crippen molar-refractivity contribution in [2.75, 3.05) is 19.8 Å². The Labute approximate surface area is 157 Å². The summed E-state index contributed by atoms with van der Waals surface area (Å²) in [4.78, 5) is 0. The van der Waals surface area contributed by atoms with E-state index in [4.69, 9.17) is 14.2 Å². The van der Waals surface area contributed by atoms with E-state index in [2.05, 4.69) is 11.7 Å². The van der Waals surface area contributed by atoms with Crippen LogP contribution in [0, 0.1) is 23.5 Å². The van der Waals surface area contributed by atoms with Gasteiger partial charge >= 0.3 is 6.11 Å². The smallest absolute Gasteiger partial charge is 0.429 e. The molecule has 2 aliphatic heterocycles. The van der Waals surface area contributed by atoms with Gasteiger partial charge in [0.05, 0.1) is 19.3 Å². The van der Waals surface area contributed by atoms with Gasteiger partial charge < -0.3 is 18.9 Å². The van der Waals surface area contributed by atoms with Crippen LogP contribution in [0.3, 0.4) is 0 Å². The normalized spacial score (nSPS) is 30.0. The van der Waals surface area contributed by atoms with Gasteiger partial charge in [-0.2, -0.15) is 8.78 Å². The molecule has 152 valence electrons. The minimum Gasteiger partial charge on any atom is -0.429 e. The summed E-state index contributed by atoms with van der Waals surface area (Å²) in [6.07, 6.45) is -2.95. The highest BCUT2D eigenvalue weighted by molar-refractivity contribution is 7.27. The maximum absolute atomic E-state index is 14.3. The van der Waals surface area contributed by atoms with Crippen molar-refractivity contribution < 1.29 is 36.5 Å². The molecule has 0 radical (unpaired) electrons. The van der Waals surface area contributed by atoms with Gasteiger partial charge in [-0.25, -0.2) is 8.78 Å². The largest absolute Gasteiger partial charge is 0.451 e. The highest BCUT2D eigenvalue weighted by atomic mass is 31.0. The van der Waals surface area contributed by atoms with Crippen molar-refractivity contribution in [3.05, 3.63) is 23.8 Å². The molecule has 3 atom stereocenters. The van der Waals surface area contributed by atoms with E-state index in [0.717, 1.165) is 25.3 Å². The Bertz CT molecular complexity index is 629. The summed E-state index contributed by atoms with van der Waals surface area (Å²) in [5.41, 5.74) is 0. The van der Waals surface area contributed by atoms with Crippen LogP contribution >= 0.6 is 9.24 Å². The fourth-order valence-electron chi connectivity index (χ4n) is 3.27. The third-order valence-corrected chi connectivity index (χ3v) is 5.21. The summed E-state index contributed by atoms with van der Waals surface area (Å²) in [5, 5.41) is -0.217. The minimum atomic E-state index is -3.86. The molecule has 27 heavy (non-hydrogen) atoms. The molecule has 3 unspecified atom stereocenters. The van der Waals surface area contributed by atoms with Gasteiger partial charge in [0.1, 0.15) is 5.75 Å². The molecule has 1 aromatic carbocycles. The van der Waals surface area contributed by atoms with E-state index in [-0.39, 0.29) is 30.5 Å². The Morgan fingerprint density at radius 2 is 1.78 bits per heavy atom. The van der Waals surface area contributed by atoms with Crippen LogP contribution in [0.1, 0.15) is 26.2 Å². The molecule has 1 aromatic rings. The molecule has 0 saturated carbocycles. The second-order valence-corrected chi connectivity index (χ2v) is 7.76. The first-order chi connectivity index (χ1) is 12.8. The fourth-order valence-corrected chi connectivity index (χ4v) is 3.57. The molecule has 2 fully saturated rings. The van der Waals surface area contributed by atoms with Crippen LogP contribution in [0.15, 0.2) is 12.1 Å². The Kier molecular flexibility index (Phi) is 6.62. The quantitative estimate of drug-likeness (QED) is 0.561.